The Balaban J connectivity index is 1.63. The number of aromatic amines is 1. The van der Waals surface area contributed by atoms with Crippen molar-refractivity contribution in [1.82, 2.24) is 34.9 Å². The maximum Gasteiger partial charge on any atom is 0.451 e. The predicted molar refractivity (Wildman–Crippen MR) is 121 cm³/mol. The number of aromatic nitrogens is 7. The van der Waals surface area contributed by atoms with E-state index in [1.54, 1.807) is 6.20 Å². The van der Waals surface area contributed by atoms with Gasteiger partial charge in [-0.3, -0.25) is 0 Å². The molecule has 0 bridgehead atoms. The molecule has 0 amide bonds. The van der Waals surface area contributed by atoms with Crippen LogP contribution in [0.3, 0.4) is 0 Å². The number of anilines is 1. The van der Waals surface area contributed by atoms with Gasteiger partial charge < -0.3 is 9.88 Å². The second kappa shape index (κ2) is 8.70. The predicted octanol–water partition coefficient (Wildman–Crippen LogP) is 5.43. The highest BCUT2D eigenvalue weighted by Crippen LogP contribution is 2.41. The Bertz CT molecular complexity index is 1420. The van der Waals surface area contributed by atoms with E-state index in [4.69, 9.17) is 0 Å². The molecule has 37 heavy (non-hydrogen) atoms. The molecule has 0 saturated heterocycles. The highest BCUT2D eigenvalue weighted by molar-refractivity contribution is 5.87. The van der Waals surface area contributed by atoms with Crippen LogP contribution >= 0.6 is 0 Å². The Morgan fingerprint density at radius 3 is 2.27 bits per heavy atom. The molecule has 0 radical (unpaired) electrons. The summed E-state index contributed by atoms with van der Waals surface area (Å²) in [6, 6.07) is 5.02. The summed E-state index contributed by atoms with van der Waals surface area (Å²) in [6.45, 7) is 5.80. The zero-order valence-electron chi connectivity index (χ0n) is 20.0. The van der Waals surface area contributed by atoms with E-state index < -0.39 is 36.0 Å². The molecule has 4 aromatic rings. The van der Waals surface area contributed by atoms with Gasteiger partial charge in [0.25, 0.3) is 0 Å². The molecule has 0 spiro atoms. The van der Waals surface area contributed by atoms with E-state index in [9.17, 15) is 26.3 Å². The smallest absolute Gasteiger partial charge is 0.356 e. The molecule has 5 rings (SSSR count). The summed E-state index contributed by atoms with van der Waals surface area (Å²) in [5.74, 6) is -4.33. The second-order valence-corrected chi connectivity index (χ2v) is 9.39. The van der Waals surface area contributed by atoms with Gasteiger partial charge in [-0.05, 0) is 49.4 Å². The minimum absolute atomic E-state index is 0.0719. The molecule has 14 heteroatoms. The monoisotopic (exact) mass is 524 g/mol. The van der Waals surface area contributed by atoms with E-state index >= 15 is 0 Å². The fourth-order valence-electron chi connectivity index (χ4n) is 4.62. The SMILES string of the molecule is Cc1cnn(-c2ccc3[nH]c4c(c3c2)CCN(c2nc(C(F)(F)F)nc(C(F)(F)F)n2)[C@H]4CC(C)C)n1. The third kappa shape index (κ3) is 4.71. The summed E-state index contributed by atoms with van der Waals surface area (Å²) in [4.78, 5) is 15.8. The molecule has 8 nitrogen and oxygen atoms in total. The van der Waals surface area contributed by atoms with Crippen molar-refractivity contribution in [3.63, 3.8) is 0 Å². The van der Waals surface area contributed by atoms with Gasteiger partial charge in [0.05, 0.1) is 23.6 Å². The van der Waals surface area contributed by atoms with Crippen LogP contribution in [0, 0.1) is 12.8 Å². The van der Waals surface area contributed by atoms with E-state index in [2.05, 4.69) is 30.1 Å². The third-order valence-corrected chi connectivity index (χ3v) is 6.15. The molecule has 1 N–H and O–H groups in total. The van der Waals surface area contributed by atoms with E-state index in [0.29, 0.717) is 18.5 Å². The number of hydrogen-bond donors (Lipinski definition) is 1. The lowest BCUT2D eigenvalue weighted by Gasteiger charge is -2.37. The maximum absolute atomic E-state index is 13.4. The largest absolute Gasteiger partial charge is 0.451 e. The number of H-pyrrole nitrogens is 1. The van der Waals surface area contributed by atoms with Crippen LogP contribution in [-0.4, -0.2) is 41.5 Å². The molecule has 1 aliphatic rings. The van der Waals surface area contributed by atoms with Crippen molar-refractivity contribution in [1.29, 1.82) is 0 Å². The van der Waals surface area contributed by atoms with Crippen molar-refractivity contribution in [2.45, 2.75) is 52.0 Å². The number of nitrogens with one attached hydrogen (secondary N) is 1. The maximum atomic E-state index is 13.4. The van der Waals surface area contributed by atoms with Crippen molar-refractivity contribution in [3.8, 4) is 5.69 Å². The van der Waals surface area contributed by atoms with Crippen LogP contribution in [0.4, 0.5) is 32.3 Å². The quantitative estimate of drug-likeness (QED) is 0.358. The highest BCUT2D eigenvalue weighted by Gasteiger charge is 2.43. The van der Waals surface area contributed by atoms with Gasteiger partial charge in [-0.2, -0.15) is 51.3 Å². The van der Waals surface area contributed by atoms with Crippen LogP contribution in [0.25, 0.3) is 16.6 Å². The van der Waals surface area contributed by atoms with Crippen molar-refractivity contribution >= 4 is 16.9 Å². The number of halogens is 6. The van der Waals surface area contributed by atoms with Gasteiger partial charge in [0.2, 0.25) is 17.6 Å². The lowest BCUT2D eigenvalue weighted by atomic mass is 9.92. The Labute approximate surface area is 206 Å². The molecule has 0 aliphatic carbocycles. The lowest BCUT2D eigenvalue weighted by Crippen LogP contribution is -2.38. The van der Waals surface area contributed by atoms with Crippen molar-refractivity contribution < 1.29 is 26.3 Å². The van der Waals surface area contributed by atoms with Crippen LogP contribution in [0.5, 0.6) is 0 Å². The van der Waals surface area contributed by atoms with E-state index in [1.807, 2.05) is 39.0 Å². The minimum atomic E-state index is -5.16. The molecule has 0 unspecified atom stereocenters. The van der Waals surface area contributed by atoms with Crippen LogP contribution in [0.2, 0.25) is 0 Å². The first-order chi connectivity index (χ1) is 17.3. The summed E-state index contributed by atoms with van der Waals surface area (Å²) in [6.07, 6.45) is -7.90. The Morgan fingerprint density at radius 2 is 1.70 bits per heavy atom. The molecule has 3 aromatic heterocycles. The first-order valence-electron chi connectivity index (χ1n) is 11.5. The van der Waals surface area contributed by atoms with E-state index in [-0.39, 0.29) is 12.5 Å². The van der Waals surface area contributed by atoms with Gasteiger partial charge in [-0.25, -0.2) is 4.98 Å². The van der Waals surface area contributed by atoms with Crippen LogP contribution < -0.4 is 4.90 Å². The topological polar surface area (TPSA) is 88.4 Å². The number of benzene rings is 1. The highest BCUT2D eigenvalue weighted by atomic mass is 19.4. The molecule has 196 valence electrons. The molecule has 1 atom stereocenters. The number of hydrogen-bond acceptors (Lipinski definition) is 6. The number of fused-ring (bicyclic) bond motifs is 3. The molecule has 1 aromatic carbocycles. The van der Waals surface area contributed by atoms with Gasteiger partial charge in [-0.1, -0.05) is 13.8 Å². The summed E-state index contributed by atoms with van der Waals surface area (Å²) in [5.41, 5.74) is 3.91. The number of rotatable bonds is 4. The van der Waals surface area contributed by atoms with Gasteiger partial charge in [0.15, 0.2) is 0 Å². The fraction of sp³-hybridized carbons (Fsp3) is 0.435. The summed E-state index contributed by atoms with van der Waals surface area (Å²) >= 11 is 0. The summed E-state index contributed by atoms with van der Waals surface area (Å²) < 4.78 is 80.5. The molecule has 0 fully saturated rings. The summed E-state index contributed by atoms with van der Waals surface area (Å²) in [5, 5.41) is 9.45. The molecular formula is C23H22F6N8. The molecule has 0 saturated carbocycles. The first kappa shape index (κ1) is 25.0. The zero-order valence-corrected chi connectivity index (χ0v) is 20.0. The normalized spacial score (nSPS) is 16.6. The average molecular weight is 524 g/mol. The van der Waals surface area contributed by atoms with Crippen molar-refractivity contribution in [2.24, 2.45) is 5.92 Å². The zero-order chi connectivity index (χ0) is 26.7. The Morgan fingerprint density at radius 1 is 1.03 bits per heavy atom. The second-order valence-electron chi connectivity index (χ2n) is 9.39. The lowest BCUT2D eigenvalue weighted by molar-refractivity contribution is -0.155. The third-order valence-electron chi connectivity index (χ3n) is 6.15. The molecular weight excluding hydrogens is 502 g/mol. The molecule has 4 heterocycles. The van der Waals surface area contributed by atoms with Crippen LogP contribution in [0.15, 0.2) is 24.4 Å². The standard InChI is InChI=1S/C23H22F6N8/c1-11(2)8-17-18-14(15-9-13(4-5-16(15)31-18)37-30-10-12(3)35-37)6-7-36(17)21-33-19(22(24,25)26)32-20(34-21)23(27,28)29/h4-5,9-11,17,31H,6-8H2,1-3H3/t17-/m0/s1. The van der Waals surface area contributed by atoms with E-state index in [0.717, 1.165) is 27.8 Å². The summed E-state index contributed by atoms with van der Waals surface area (Å²) in [7, 11) is 0. The Kier molecular flexibility index (Phi) is 5.87. The molecule has 1 aliphatic heterocycles. The van der Waals surface area contributed by atoms with Crippen molar-refractivity contribution in [2.75, 3.05) is 11.4 Å². The van der Waals surface area contributed by atoms with Gasteiger partial charge in [0, 0.05) is 23.1 Å². The van der Waals surface area contributed by atoms with Gasteiger partial charge in [0.1, 0.15) is 0 Å². The number of aryl methyl sites for hydroxylation is 1. The first-order valence-corrected chi connectivity index (χ1v) is 11.5. The van der Waals surface area contributed by atoms with Gasteiger partial charge >= 0.3 is 12.4 Å². The Hall–Kier alpha value is -3.71. The van der Waals surface area contributed by atoms with Crippen molar-refractivity contribution in [3.05, 3.63) is 53.0 Å². The van der Waals surface area contributed by atoms with Crippen LogP contribution in [0.1, 0.15) is 54.9 Å². The van der Waals surface area contributed by atoms with Crippen LogP contribution in [-0.2, 0) is 18.8 Å². The fourth-order valence-corrected chi connectivity index (χ4v) is 4.62. The number of nitrogens with zero attached hydrogens (tertiary/aromatic N) is 7. The van der Waals surface area contributed by atoms with E-state index in [1.165, 1.54) is 9.70 Å². The number of alkyl halides is 6. The minimum Gasteiger partial charge on any atom is -0.356 e. The average Bonchev–Trinajstić information content (AvgIpc) is 3.41. The van der Waals surface area contributed by atoms with Gasteiger partial charge in [-0.15, -0.1) is 0 Å².